The Bertz CT molecular complexity index is 901. The van der Waals surface area contributed by atoms with E-state index in [1.165, 1.54) is 11.1 Å². The minimum Gasteiger partial charge on any atom is -0.329 e. The molecule has 0 saturated carbocycles. The molecule has 1 fully saturated rings. The number of nitriles is 1. The average molecular weight is 382 g/mol. The Hall–Kier alpha value is -2.35. The molecule has 140 valence electrons. The van der Waals surface area contributed by atoms with Crippen LogP contribution in [0.1, 0.15) is 51.0 Å². The lowest BCUT2D eigenvalue weighted by atomic mass is 9.81. The van der Waals surface area contributed by atoms with E-state index in [1.807, 2.05) is 29.2 Å². The molecular formula is C22H24ClN3O. The van der Waals surface area contributed by atoms with Gasteiger partial charge in [0.2, 0.25) is 0 Å². The number of nitrogens with one attached hydrogen (secondary N) is 1. The maximum absolute atomic E-state index is 13.4. The van der Waals surface area contributed by atoms with Crippen molar-refractivity contribution in [3.05, 3.63) is 69.8 Å². The van der Waals surface area contributed by atoms with Gasteiger partial charge in [0.15, 0.2) is 0 Å². The Labute approximate surface area is 166 Å². The van der Waals surface area contributed by atoms with Crippen molar-refractivity contribution < 1.29 is 4.79 Å². The molecule has 4 rings (SSSR count). The van der Waals surface area contributed by atoms with Crippen LogP contribution in [-0.2, 0) is 13.0 Å². The molecule has 0 radical (unpaired) electrons. The van der Waals surface area contributed by atoms with E-state index in [9.17, 15) is 4.79 Å². The van der Waals surface area contributed by atoms with Crippen molar-refractivity contribution in [2.24, 2.45) is 0 Å². The Kier molecular flexibility index (Phi) is 5.55. The summed E-state index contributed by atoms with van der Waals surface area (Å²) in [4.78, 5) is 15.4. The third-order valence-corrected chi connectivity index (χ3v) is 5.73. The fourth-order valence-electron chi connectivity index (χ4n) is 4.35. The van der Waals surface area contributed by atoms with E-state index >= 15 is 0 Å². The van der Waals surface area contributed by atoms with Gasteiger partial charge in [-0.3, -0.25) is 4.79 Å². The predicted octanol–water partition coefficient (Wildman–Crippen LogP) is 3.56. The fourth-order valence-corrected chi connectivity index (χ4v) is 4.35. The third kappa shape index (κ3) is 3.34. The van der Waals surface area contributed by atoms with E-state index in [0.717, 1.165) is 36.2 Å². The van der Waals surface area contributed by atoms with Crippen molar-refractivity contribution in [3.8, 4) is 6.07 Å². The number of hydrogen-bond acceptors (Lipinski definition) is 3. The Morgan fingerprint density at radius 1 is 1.19 bits per heavy atom. The molecule has 2 aliphatic heterocycles. The lowest BCUT2D eigenvalue weighted by Crippen LogP contribution is -2.48. The zero-order chi connectivity index (χ0) is 18.3. The van der Waals surface area contributed by atoms with Crippen LogP contribution in [0.15, 0.2) is 36.4 Å². The topological polar surface area (TPSA) is 56.1 Å². The summed E-state index contributed by atoms with van der Waals surface area (Å²) in [7, 11) is 0. The minimum atomic E-state index is 0. The molecule has 2 unspecified atom stereocenters. The van der Waals surface area contributed by atoms with Gasteiger partial charge in [-0.1, -0.05) is 31.2 Å². The number of fused-ring (bicyclic) bond motifs is 3. The van der Waals surface area contributed by atoms with Crippen LogP contribution in [0.2, 0.25) is 0 Å². The van der Waals surface area contributed by atoms with Gasteiger partial charge in [0.05, 0.1) is 17.7 Å². The smallest absolute Gasteiger partial charge is 0.255 e. The van der Waals surface area contributed by atoms with Crippen LogP contribution >= 0.6 is 12.4 Å². The van der Waals surface area contributed by atoms with Gasteiger partial charge in [0.1, 0.15) is 0 Å². The van der Waals surface area contributed by atoms with E-state index in [1.54, 1.807) is 0 Å². The molecule has 0 aliphatic carbocycles. The number of hydrogen-bond donors (Lipinski definition) is 1. The number of aryl methyl sites for hydroxylation is 2. The zero-order valence-electron chi connectivity index (χ0n) is 15.7. The molecule has 4 nitrogen and oxygen atoms in total. The van der Waals surface area contributed by atoms with Crippen molar-refractivity contribution >= 4 is 18.3 Å². The fraction of sp³-hybridized carbons (Fsp3) is 0.364. The number of carbonyl (C=O) groups excluding carboxylic acids is 1. The first-order chi connectivity index (χ1) is 12.6. The quantitative estimate of drug-likeness (QED) is 0.884. The van der Waals surface area contributed by atoms with Crippen LogP contribution < -0.4 is 5.32 Å². The first-order valence-corrected chi connectivity index (χ1v) is 9.26. The normalized spacial score (nSPS) is 20.5. The molecule has 27 heavy (non-hydrogen) atoms. The molecule has 0 bridgehead atoms. The van der Waals surface area contributed by atoms with E-state index in [-0.39, 0.29) is 24.4 Å². The molecule has 2 atom stereocenters. The first kappa shape index (κ1) is 19.4. The molecule has 0 aromatic heterocycles. The number of carbonyl (C=O) groups is 1. The molecule has 2 aliphatic rings. The number of rotatable bonds is 3. The van der Waals surface area contributed by atoms with Crippen molar-refractivity contribution in [1.82, 2.24) is 10.2 Å². The highest BCUT2D eigenvalue weighted by molar-refractivity contribution is 5.99. The van der Waals surface area contributed by atoms with Gasteiger partial charge < -0.3 is 10.2 Å². The van der Waals surface area contributed by atoms with E-state index in [4.69, 9.17) is 5.26 Å². The molecule has 2 aromatic rings. The van der Waals surface area contributed by atoms with Gasteiger partial charge in [-0.2, -0.15) is 5.26 Å². The van der Waals surface area contributed by atoms with Gasteiger partial charge in [-0.15, -0.1) is 12.4 Å². The monoisotopic (exact) mass is 381 g/mol. The average Bonchev–Trinajstić information content (AvgIpc) is 3.15. The van der Waals surface area contributed by atoms with Crippen molar-refractivity contribution in [2.45, 2.75) is 38.8 Å². The van der Waals surface area contributed by atoms with Crippen molar-refractivity contribution in [2.75, 3.05) is 13.1 Å². The Morgan fingerprint density at radius 2 is 1.93 bits per heavy atom. The van der Waals surface area contributed by atoms with Gasteiger partial charge in [-0.25, -0.2) is 0 Å². The van der Waals surface area contributed by atoms with Crippen LogP contribution in [0, 0.1) is 18.3 Å². The lowest BCUT2D eigenvalue weighted by Gasteiger charge is -2.39. The second-order valence-corrected chi connectivity index (χ2v) is 7.30. The van der Waals surface area contributed by atoms with Crippen LogP contribution in [0.4, 0.5) is 0 Å². The summed E-state index contributed by atoms with van der Waals surface area (Å²) >= 11 is 0. The first-order valence-electron chi connectivity index (χ1n) is 9.26. The maximum atomic E-state index is 13.4. The summed E-state index contributed by atoms with van der Waals surface area (Å²) in [6.07, 6.45) is 0.988. The zero-order valence-corrected chi connectivity index (χ0v) is 16.5. The summed E-state index contributed by atoms with van der Waals surface area (Å²) in [6.45, 7) is 6.55. The third-order valence-electron chi connectivity index (χ3n) is 5.73. The SMILES string of the molecule is CCc1cc(C)c2c(c1)C1CNCC1N(Cc1ccc(C#N)cc1)C2=O.Cl. The second-order valence-electron chi connectivity index (χ2n) is 7.30. The Morgan fingerprint density at radius 3 is 2.59 bits per heavy atom. The minimum absolute atomic E-state index is 0. The van der Waals surface area contributed by atoms with Crippen LogP contribution in [0.25, 0.3) is 0 Å². The van der Waals surface area contributed by atoms with Gasteiger partial charge >= 0.3 is 0 Å². The lowest BCUT2D eigenvalue weighted by molar-refractivity contribution is 0.0629. The van der Waals surface area contributed by atoms with Crippen LogP contribution in [0.5, 0.6) is 0 Å². The maximum Gasteiger partial charge on any atom is 0.255 e. The predicted molar refractivity (Wildman–Crippen MR) is 108 cm³/mol. The van der Waals surface area contributed by atoms with E-state index in [0.29, 0.717) is 18.0 Å². The van der Waals surface area contributed by atoms with Gasteiger partial charge in [0.25, 0.3) is 5.91 Å². The highest BCUT2D eigenvalue weighted by Crippen LogP contribution is 2.38. The summed E-state index contributed by atoms with van der Waals surface area (Å²) in [5.41, 5.74) is 6.21. The van der Waals surface area contributed by atoms with Crippen LogP contribution in [0.3, 0.4) is 0 Å². The molecule has 2 aromatic carbocycles. The second kappa shape index (κ2) is 7.72. The van der Waals surface area contributed by atoms with E-state index in [2.05, 4.69) is 37.4 Å². The number of halogens is 1. The van der Waals surface area contributed by atoms with Gasteiger partial charge in [-0.05, 0) is 47.7 Å². The van der Waals surface area contributed by atoms with Crippen molar-refractivity contribution in [1.29, 1.82) is 5.26 Å². The van der Waals surface area contributed by atoms with E-state index < -0.39 is 0 Å². The molecule has 1 saturated heterocycles. The number of amides is 1. The Balaban J connectivity index is 0.00000210. The number of benzene rings is 2. The summed E-state index contributed by atoms with van der Waals surface area (Å²) in [6, 6.07) is 14.3. The highest BCUT2D eigenvalue weighted by Gasteiger charge is 2.43. The van der Waals surface area contributed by atoms with Gasteiger partial charge in [0, 0.05) is 31.1 Å². The molecular weight excluding hydrogens is 358 g/mol. The number of nitrogens with zero attached hydrogens (tertiary/aromatic N) is 2. The highest BCUT2D eigenvalue weighted by atomic mass is 35.5. The molecule has 1 amide bonds. The molecule has 5 heteroatoms. The molecule has 0 spiro atoms. The summed E-state index contributed by atoms with van der Waals surface area (Å²) in [5, 5.41) is 12.5. The summed E-state index contributed by atoms with van der Waals surface area (Å²) in [5.74, 6) is 0.487. The van der Waals surface area contributed by atoms with Crippen LogP contribution in [-0.4, -0.2) is 29.9 Å². The summed E-state index contributed by atoms with van der Waals surface area (Å²) < 4.78 is 0. The van der Waals surface area contributed by atoms with Crippen molar-refractivity contribution in [3.63, 3.8) is 0 Å². The standard InChI is InChI=1S/C22H23N3O.ClH/c1-3-15-8-14(2)21-18(9-15)19-11-24-12-20(19)25(22(21)26)13-17-6-4-16(10-23)5-7-17;/h4-9,19-20,24H,3,11-13H2,1-2H3;1H. The molecule has 1 N–H and O–H groups in total. The molecule has 2 heterocycles. The largest absolute Gasteiger partial charge is 0.329 e.